The maximum atomic E-state index is 12.2. The molecular formula is C13H17Cl2N3O2. The van der Waals surface area contributed by atoms with E-state index in [1.54, 1.807) is 11.0 Å². The minimum absolute atomic E-state index is 0. The molecule has 1 aromatic rings. The molecule has 1 aliphatic rings. The van der Waals surface area contributed by atoms with Crippen LogP contribution < -0.4 is 11.1 Å². The zero-order chi connectivity index (χ0) is 13.8. The molecule has 1 heterocycles. The molecular weight excluding hydrogens is 301 g/mol. The molecule has 5 nitrogen and oxygen atoms in total. The number of carbonyl (C=O) groups is 2. The predicted molar refractivity (Wildman–Crippen MR) is 79.7 cm³/mol. The van der Waals surface area contributed by atoms with E-state index in [4.69, 9.17) is 17.3 Å². The van der Waals surface area contributed by atoms with Crippen molar-refractivity contribution in [1.29, 1.82) is 0 Å². The van der Waals surface area contributed by atoms with Crippen LogP contribution in [0, 0.1) is 0 Å². The third kappa shape index (κ3) is 4.10. The maximum Gasteiger partial charge on any atom is 0.240 e. The SMILES string of the molecule is Cl.NC(=O)CC1NCCN(Cc2ccccc2Cl)C1=O. The van der Waals surface area contributed by atoms with Crippen LogP contribution in [0.15, 0.2) is 24.3 Å². The Kier molecular flexibility index (Phi) is 6.26. The zero-order valence-electron chi connectivity index (χ0n) is 10.8. The summed E-state index contributed by atoms with van der Waals surface area (Å²) in [7, 11) is 0. The van der Waals surface area contributed by atoms with Gasteiger partial charge < -0.3 is 16.0 Å². The van der Waals surface area contributed by atoms with Crippen LogP contribution in [0.5, 0.6) is 0 Å². The fourth-order valence-corrected chi connectivity index (χ4v) is 2.34. The average Bonchev–Trinajstić information content (AvgIpc) is 2.36. The average molecular weight is 318 g/mol. The third-order valence-electron chi connectivity index (χ3n) is 3.11. The Labute approximate surface area is 128 Å². The normalized spacial score (nSPS) is 18.6. The number of nitrogens with zero attached hydrogens (tertiary/aromatic N) is 1. The summed E-state index contributed by atoms with van der Waals surface area (Å²) in [5.41, 5.74) is 6.04. The van der Waals surface area contributed by atoms with Gasteiger partial charge in [-0.15, -0.1) is 12.4 Å². The molecule has 0 spiro atoms. The summed E-state index contributed by atoms with van der Waals surface area (Å²) in [5.74, 6) is -0.588. The number of hydrogen-bond acceptors (Lipinski definition) is 3. The summed E-state index contributed by atoms with van der Waals surface area (Å²) in [6, 6.07) is 6.90. The van der Waals surface area contributed by atoms with Crippen LogP contribution in [-0.2, 0) is 16.1 Å². The van der Waals surface area contributed by atoms with E-state index in [0.29, 0.717) is 24.7 Å². The molecule has 1 aromatic carbocycles. The van der Waals surface area contributed by atoms with E-state index in [1.165, 1.54) is 0 Å². The molecule has 0 saturated carbocycles. The first-order valence-electron chi connectivity index (χ1n) is 6.12. The molecule has 1 unspecified atom stereocenters. The lowest BCUT2D eigenvalue weighted by Gasteiger charge is -2.33. The highest BCUT2D eigenvalue weighted by atomic mass is 35.5. The van der Waals surface area contributed by atoms with E-state index in [2.05, 4.69) is 5.32 Å². The lowest BCUT2D eigenvalue weighted by molar-refractivity contribution is -0.138. The Bertz CT molecular complexity index is 496. The molecule has 1 aliphatic heterocycles. The second-order valence-electron chi connectivity index (χ2n) is 4.53. The summed E-state index contributed by atoms with van der Waals surface area (Å²) in [5, 5.41) is 3.64. The van der Waals surface area contributed by atoms with Crippen molar-refractivity contribution in [2.24, 2.45) is 5.73 Å². The van der Waals surface area contributed by atoms with Crippen molar-refractivity contribution in [3.05, 3.63) is 34.9 Å². The summed E-state index contributed by atoms with van der Waals surface area (Å²) >= 11 is 6.08. The molecule has 20 heavy (non-hydrogen) atoms. The smallest absolute Gasteiger partial charge is 0.240 e. The number of halogens is 2. The highest BCUT2D eigenvalue weighted by Gasteiger charge is 2.29. The van der Waals surface area contributed by atoms with Gasteiger partial charge in [0.1, 0.15) is 0 Å². The minimum Gasteiger partial charge on any atom is -0.370 e. The lowest BCUT2D eigenvalue weighted by atomic mass is 10.1. The van der Waals surface area contributed by atoms with Gasteiger partial charge in [-0.25, -0.2) is 0 Å². The number of piperazine rings is 1. The minimum atomic E-state index is -0.520. The van der Waals surface area contributed by atoms with E-state index in [9.17, 15) is 9.59 Å². The van der Waals surface area contributed by atoms with Crippen molar-refractivity contribution in [3.8, 4) is 0 Å². The second kappa shape index (κ2) is 7.47. The zero-order valence-corrected chi connectivity index (χ0v) is 12.4. The first-order valence-corrected chi connectivity index (χ1v) is 6.49. The van der Waals surface area contributed by atoms with Crippen LogP contribution in [-0.4, -0.2) is 35.8 Å². The molecule has 0 bridgehead atoms. The summed E-state index contributed by atoms with van der Waals surface area (Å²) in [4.78, 5) is 24.8. The molecule has 1 atom stereocenters. The predicted octanol–water partition coefficient (Wildman–Crippen LogP) is 0.938. The van der Waals surface area contributed by atoms with Crippen molar-refractivity contribution in [3.63, 3.8) is 0 Å². The monoisotopic (exact) mass is 317 g/mol. The van der Waals surface area contributed by atoms with Gasteiger partial charge in [-0.3, -0.25) is 9.59 Å². The van der Waals surface area contributed by atoms with E-state index in [1.807, 2.05) is 18.2 Å². The Morgan fingerprint density at radius 3 is 2.80 bits per heavy atom. The van der Waals surface area contributed by atoms with Crippen LogP contribution >= 0.6 is 24.0 Å². The van der Waals surface area contributed by atoms with Gasteiger partial charge in [0, 0.05) is 24.7 Å². The van der Waals surface area contributed by atoms with Gasteiger partial charge in [0.25, 0.3) is 0 Å². The largest absolute Gasteiger partial charge is 0.370 e. The van der Waals surface area contributed by atoms with Crippen molar-refractivity contribution in [2.45, 2.75) is 19.0 Å². The number of primary amides is 1. The molecule has 3 N–H and O–H groups in total. The molecule has 1 fully saturated rings. The van der Waals surface area contributed by atoms with Gasteiger partial charge >= 0.3 is 0 Å². The van der Waals surface area contributed by atoms with Gasteiger partial charge in [-0.05, 0) is 11.6 Å². The summed E-state index contributed by atoms with van der Waals surface area (Å²) in [6.45, 7) is 1.70. The lowest BCUT2D eigenvalue weighted by Crippen LogP contribution is -2.55. The van der Waals surface area contributed by atoms with E-state index in [-0.39, 0.29) is 24.7 Å². The molecule has 2 amide bonds. The quantitative estimate of drug-likeness (QED) is 0.867. The van der Waals surface area contributed by atoms with Crippen LogP contribution in [0.2, 0.25) is 5.02 Å². The highest BCUT2D eigenvalue weighted by Crippen LogP contribution is 2.18. The second-order valence-corrected chi connectivity index (χ2v) is 4.94. The van der Waals surface area contributed by atoms with Gasteiger partial charge in [-0.2, -0.15) is 0 Å². The van der Waals surface area contributed by atoms with Crippen LogP contribution in [0.3, 0.4) is 0 Å². The Hall–Kier alpha value is -1.30. The van der Waals surface area contributed by atoms with Gasteiger partial charge in [-0.1, -0.05) is 29.8 Å². The third-order valence-corrected chi connectivity index (χ3v) is 3.48. The first-order chi connectivity index (χ1) is 9.08. The Morgan fingerprint density at radius 1 is 1.45 bits per heavy atom. The summed E-state index contributed by atoms with van der Waals surface area (Å²) < 4.78 is 0. The maximum absolute atomic E-state index is 12.2. The van der Waals surface area contributed by atoms with Crippen LogP contribution in [0.4, 0.5) is 0 Å². The molecule has 110 valence electrons. The number of rotatable bonds is 4. The Balaban J connectivity index is 0.00000200. The standard InChI is InChI=1S/C13H16ClN3O2.ClH/c14-10-4-2-1-3-9(10)8-17-6-5-16-11(13(17)19)7-12(15)18;/h1-4,11,16H,5-8H2,(H2,15,18);1H. The van der Waals surface area contributed by atoms with Crippen molar-refractivity contribution >= 4 is 35.8 Å². The topological polar surface area (TPSA) is 75.4 Å². The van der Waals surface area contributed by atoms with Crippen molar-refractivity contribution in [2.75, 3.05) is 13.1 Å². The molecule has 0 aliphatic carbocycles. The number of carbonyl (C=O) groups excluding carboxylic acids is 2. The number of benzene rings is 1. The highest BCUT2D eigenvalue weighted by molar-refractivity contribution is 6.31. The van der Waals surface area contributed by atoms with Crippen molar-refractivity contribution < 1.29 is 9.59 Å². The fraction of sp³-hybridized carbons (Fsp3) is 0.385. The number of amides is 2. The van der Waals surface area contributed by atoms with Crippen molar-refractivity contribution in [1.82, 2.24) is 10.2 Å². The van der Waals surface area contributed by atoms with E-state index in [0.717, 1.165) is 5.56 Å². The molecule has 0 aromatic heterocycles. The van der Waals surface area contributed by atoms with Gasteiger partial charge in [0.05, 0.1) is 12.5 Å². The number of nitrogens with two attached hydrogens (primary N) is 1. The van der Waals surface area contributed by atoms with E-state index >= 15 is 0 Å². The fourth-order valence-electron chi connectivity index (χ4n) is 2.14. The molecule has 0 radical (unpaired) electrons. The Morgan fingerprint density at radius 2 is 2.15 bits per heavy atom. The van der Waals surface area contributed by atoms with E-state index < -0.39 is 11.9 Å². The number of nitrogens with one attached hydrogen (secondary N) is 1. The van der Waals surface area contributed by atoms with Gasteiger partial charge in [0.2, 0.25) is 11.8 Å². The first kappa shape index (κ1) is 16.8. The van der Waals surface area contributed by atoms with Gasteiger partial charge in [0.15, 0.2) is 0 Å². The molecule has 2 rings (SSSR count). The molecule has 1 saturated heterocycles. The summed E-state index contributed by atoms with van der Waals surface area (Å²) in [6.07, 6.45) is 0.0256. The van der Waals surface area contributed by atoms with Crippen LogP contribution in [0.1, 0.15) is 12.0 Å². The molecule has 7 heteroatoms. The van der Waals surface area contributed by atoms with Crippen LogP contribution in [0.25, 0.3) is 0 Å². The number of hydrogen-bond donors (Lipinski definition) is 2.